The number of aliphatic hydroxyl groups excluding tert-OH is 1. The van der Waals surface area contributed by atoms with Gasteiger partial charge in [0.1, 0.15) is 0 Å². The molecule has 1 rings (SSSR count). The van der Waals surface area contributed by atoms with E-state index >= 15 is 0 Å². The average molecular weight is 130 g/mol. The van der Waals surface area contributed by atoms with Gasteiger partial charge in [0, 0.05) is 6.42 Å². The first-order valence-corrected chi connectivity index (χ1v) is 3.37. The standard InChI is InChI=1S/C7H14O2/c1-5-6(8)4-7(2,3)9-5/h5-6,8H,4H2,1-3H3/t5-,6+/m1/s1. The Hall–Kier alpha value is -0.0800. The number of hydrogen-bond acceptors (Lipinski definition) is 2. The zero-order valence-corrected chi connectivity index (χ0v) is 6.22. The number of hydrogen-bond donors (Lipinski definition) is 1. The second-order valence-electron chi connectivity index (χ2n) is 3.35. The van der Waals surface area contributed by atoms with Crippen molar-refractivity contribution in [2.75, 3.05) is 0 Å². The molecule has 0 aromatic carbocycles. The Balaban J connectivity index is 2.54. The van der Waals surface area contributed by atoms with Crippen molar-refractivity contribution in [3.63, 3.8) is 0 Å². The number of rotatable bonds is 0. The second-order valence-corrected chi connectivity index (χ2v) is 3.35. The van der Waals surface area contributed by atoms with Crippen LogP contribution in [0.15, 0.2) is 0 Å². The molecule has 0 unspecified atom stereocenters. The normalized spacial score (nSPS) is 41.3. The van der Waals surface area contributed by atoms with Crippen molar-refractivity contribution in [2.24, 2.45) is 0 Å². The Morgan fingerprint density at radius 1 is 1.56 bits per heavy atom. The van der Waals surface area contributed by atoms with Crippen LogP contribution in [0.25, 0.3) is 0 Å². The van der Waals surface area contributed by atoms with Crippen molar-refractivity contribution in [3.8, 4) is 0 Å². The van der Waals surface area contributed by atoms with Crippen LogP contribution >= 0.6 is 0 Å². The maximum Gasteiger partial charge on any atom is 0.0826 e. The minimum absolute atomic E-state index is 0.0139. The van der Waals surface area contributed by atoms with Gasteiger partial charge in [0.15, 0.2) is 0 Å². The molecule has 2 heteroatoms. The summed E-state index contributed by atoms with van der Waals surface area (Å²) in [7, 11) is 0. The van der Waals surface area contributed by atoms with Crippen molar-refractivity contribution in [1.82, 2.24) is 0 Å². The van der Waals surface area contributed by atoms with Crippen molar-refractivity contribution in [1.29, 1.82) is 0 Å². The van der Waals surface area contributed by atoms with Gasteiger partial charge in [-0.3, -0.25) is 0 Å². The molecule has 0 saturated carbocycles. The van der Waals surface area contributed by atoms with Crippen LogP contribution in [0.3, 0.4) is 0 Å². The van der Waals surface area contributed by atoms with E-state index in [1.165, 1.54) is 0 Å². The predicted molar refractivity (Wildman–Crippen MR) is 35.2 cm³/mol. The molecule has 54 valence electrons. The summed E-state index contributed by atoms with van der Waals surface area (Å²) in [6.07, 6.45) is 0.508. The summed E-state index contributed by atoms with van der Waals surface area (Å²) < 4.78 is 5.41. The van der Waals surface area contributed by atoms with Crippen LogP contribution in [0, 0.1) is 0 Å². The Morgan fingerprint density at radius 2 is 2.11 bits per heavy atom. The molecule has 2 atom stereocenters. The first-order chi connectivity index (χ1) is 4.01. The van der Waals surface area contributed by atoms with E-state index in [2.05, 4.69) is 0 Å². The minimum atomic E-state index is -0.264. The molecule has 2 nitrogen and oxygen atoms in total. The first-order valence-electron chi connectivity index (χ1n) is 3.37. The highest BCUT2D eigenvalue weighted by molar-refractivity contribution is 4.85. The van der Waals surface area contributed by atoms with Crippen LogP contribution in [0.4, 0.5) is 0 Å². The van der Waals surface area contributed by atoms with Gasteiger partial charge < -0.3 is 9.84 Å². The highest BCUT2D eigenvalue weighted by Gasteiger charge is 2.36. The summed E-state index contributed by atoms with van der Waals surface area (Å²) >= 11 is 0. The molecule has 0 aromatic heterocycles. The van der Waals surface area contributed by atoms with Gasteiger partial charge in [-0.1, -0.05) is 0 Å². The molecular weight excluding hydrogens is 116 g/mol. The maximum atomic E-state index is 9.21. The van der Waals surface area contributed by atoms with Gasteiger partial charge in [-0.05, 0) is 20.8 Å². The summed E-state index contributed by atoms with van der Waals surface area (Å²) in [5.74, 6) is 0. The van der Waals surface area contributed by atoms with Crippen LogP contribution in [0.5, 0.6) is 0 Å². The third-order valence-electron chi connectivity index (χ3n) is 1.75. The molecule has 1 aliphatic heterocycles. The van der Waals surface area contributed by atoms with Crippen molar-refractivity contribution in [3.05, 3.63) is 0 Å². The largest absolute Gasteiger partial charge is 0.390 e. The Bertz CT molecular complexity index is 97.5. The van der Waals surface area contributed by atoms with E-state index in [0.717, 1.165) is 6.42 Å². The van der Waals surface area contributed by atoms with E-state index in [4.69, 9.17) is 4.74 Å². The molecule has 0 bridgehead atoms. The molecule has 1 saturated heterocycles. The lowest BCUT2D eigenvalue weighted by molar-refractivity contribution is -0.0217. The summed E-state index contributed by atoms with van der Waals surface area (Å²) in [6.45, 7) is 5.90. The van der Waals surface area contributed by atoms with Crippen LogP contribution in [-0.4, -0.2) is 22.9 Å². The quantitative estimate of drug-likeness (QED) is 0.528. The van der Waals surface area contributed by atoms with Gasteiger partial charge >= 0.3 is 0 Å². The number of aliphatic hydroxyl groups is 1. The van der Waals surface area contributed by atoms with Gasteiger partial charge in [0.25, 0.3) is 0 Å². The zero-order valence-electron chi connectivity index (χ0n) is 6.22. The van der Waals surface area contributed by atoms with E-state index in [-0.39, 0.29) is 17.8 Å². The summed E-state index contributed by atoms with van der Waals surface area (Å²) in [6, 6.07) is 0. The second kappa shape index (κ2) is 1.96. The van der Waals surface area contributed by atoms with Crippen LogP contribution in [-0.2, 0) is 4.74 Å². The highest BCUT2D eigenvalue weighted by atomic mass is 16.5. The summed E-state index contributed by atoms with van der Waals surface area (Å²) in [5, 5.41) is 9.21. The predicted octanol–water partition coefficient (Wildman–Crippen LogP) is 0.935. The lowest BCUT2D eigenvalue weighted by atomic mass is 10.0. The third-order valence-corrected chi connectivity index (χ3v) is 1.75. The Labute approximate surface area is 55.8 Å². The molecule has 1 fully saturated rings. The number of ether oxygens (including phenoxy) is 1. The van der Waals surface area contributed by atoms with Gasteiger partial charge in [0.2, 0.25) is 0 Å². The fourth-order valence-corrected chi connectivity index (χ4v) is 1.30. The topological polar surface area (TPSA) is 29.5 Å². The summed E-state index contributed by atoms with van der Waals surface area (Å²) in [4.78, 5) is 0. The van der Waals surface area contributed by atoms with Crippen LogP contribution in [0.1, 0.15) is 27.2 Å². The molecule has 1 heterocycles. The summed E-state index contributed by atoms with van der Waals surface area (Å²) in [5.41, 5.74) is -0.112. The average Bonchev–Trinajstić information content (AvgIpc) is 1.79. The fourth-order valence-electron chi connectivity index (χ4n) is 1.30. The third kappa shape index (κ3) is 1.43. The fraction of sp³-hybridized carbons (Fsp3) is 1.00. The highest BCUT2D eigenvalue weighted by Crippen LogP contribution is 2.28. The lowest BCUT2D eigenvalue weighted by Crippen LogP contribution is -2.18. The van der Waals surface area contributed by atoms with Gasteiger partial charge in [-0.15, -0.1) is 0 Å². The molecule has 9 heavy (non-hydrogen) atoms. The van der Waals surface area contributed by atoms with E-state index in [9.17, 15) is 5.11 Å². The smallest absolute Gasteiger partial charge is 0.0826 e. The lowest BCUT2D eigenvalue weighted by Gasteiger charge is -2.16. The zero-order chi connectivity index (χ0) is 7.07. The maximum absolute atomic E-state index is 9.21. The van der Waals surface area contributed by atoms with Crippen molar-refractivity contribution < 1.29 is 9.84 Å². The van der Waals surface area contributed by atoms with Gasteiger partial charge in [0.05, 0.1) is 17.8 Å². The minimum Gasteiger partial charge on any atom is -0.390 e. The van der Waals surface area contributed by atoms with E-state index in [1.54, 1.807) is 0 Å². The SMILES string of the molecule is C[C@H]1OC(C)(C)C[C@@H]1O. The Kier molecular flexibility index (Phi) is 1.53. The molecular formula is C7H14O2. The molecule has 0 radical (unpaired) electrons. The van der Waals surface area contributed by atoms with Crippen LogP contribution in [0.2, 0.25) is 0 Å². The van der Waals surface area contributed by atoms with Crippen molar-refractivity contribution in [2.45, 2.75) is 45.0 Å². The van der Waals surface area contributed by atoms with Gasteiger partial charge in [-0.2, -0.15) is 0 Å². The molecule has 0 amide bonds. The van der Waals surface area contributed by atoms with E-state index in [1.807, 2.05) is 20.8 Å². The first kappa shape index (κ1) is 7.03. The molecule has 0 aromatic rings. The molecule has 0 aliphatic carbocycles. The van der Waals surface area contributed by atoms with Crippen molar-refractivity contribution >= 4 is 0 Å². The van der Waals surface area contributed by atoms with E-state index < -0.39 is 0 Å². The van der Waals surface area contributed by atoms with E-state index in [0.29, 0.717) is 0 Å². The monoisotopic (exact) mass is 130 g/mol. The molecule has 0 spiro atoms. The van der Waals surface area contributed by atoms with Gasteiger partial charge in [-0.25, -0.2) is 0 Å². The molecule has 1 aliphatic rings. The van der Waals surface area contributed by atoms with Crippen LogP contribution < -0.4 is 0 Å². The molecule has 1 N–H and O–H groups in total. The Morgan fingerprint density at radius 3 is 2.22 bits per heavy atom.